The average Bonchev–Trinajstić information content (AvgIpc) is 3.14. The lowest BCUT2D eigenvalue weighted by molar-refractivity contribution is 0.330. The van der Waals surface area contributed by atoms with E-state index in [0.29, 0.717) is 13.2 Å². The van der Waals surface area contributed by atoms with Gasteiger partial charge in [-0.1, -0.05) is 12.1 Å². The molecule has 0 spiro atoms. The number of nitrogens with one attached hydrogen (secondary N) is 2. The van der Waals surface area contributed by atoms with Gasteiger partial charge >= 0.3 is 0 Å². The zero-order valence-electron chi connectivity index (χ0n) is 17.2. The van der Waals surface area contributed by atoms with Crippen LogP contribution >= 0.6 is 24.0 Å². The van der Waals surface area contributed by atoms with E-state index in [4.69, 9.17) is 9.73 Å². The number of guanidine groups is 1. The molecule has 6 heteroatoms. The number of unbranched alkanes of at least 4 members (excludes halogenated alkanes) is 1. The second-order valence-corrected chi connectivity index (χ2v) is 6.92. The van der Waals surface area contributed by atoms with Crippen LogP contribution in [-0.2, 0) is 6.54 Å². The molecule has 0 amide bonds. The van der Waals surface area contributed by atoms with Crippen LogP contribution in [0.5, 0.6) is 5.75 Å². The predicted molar refractivity (Wildman–Crippen MR) is 125 cm³/mol. The highest BCUT2D eigenvalue weighted by atomic mass is 127. The molecule has 1 heterocycles. The predicted octanol–water partition coefficient (Wildman–Crippen LogP) is 3.94. The summed E-state index contributed by atoms with van der Waals surface area (Å²) in [5.41, 5.74) is 2.34. The average molecular weight is 488 g/mol. The summed E-state index contributed by atoms with van der Waals surface area (Å²) in [6.45, 7) is 13.1. The number of halogens is 1. The smallest absolute Gasteiger partial charge is 0.191 e. The Morgan fingerprint density at radius 2 is 1.93 bits per heavy atom. The van der Waals surface area contributed by atoms with E-state index < -0.39 is 0 Å². The highest BCUT2D eigenvalue weighted by Gasteiger charge is 2.10. The van der Waals surface area contributed by atoms with Gasteiger partial charge in [-0.2, -0.15) is 0 Å². The summed E-state index contributed by atoms with van der Waals surface area (Å²) in [4.78, 5) is 7.31. The largest absolute Gasteiger partial charge is 0.494 e. The molecule has 0 unspecified atom stereocenters. The molecule has 1 aliphatic heterocycles. The second-order valence-electron chi connectivity index (χ2n) is 6.92. The molecule has 1 fully saturated rings. The van der Waals surface area contributed by atoms with E-state index in [9.17, 15) is 0 Å². The van der Waals surface area contributed by atoms with Crippen LogP contribution in [0.3, 0.4) is 0 Å². The first-order valence-electron chi connectivity index (χ1n) is 10.2. The molecule has 0 atom stereocenters. The van der Waals surface area contributed by atoms with Gasteiger partial charge in [-0.15, -0.1) is 24.0 Å². The Bertz CT molecular complexity index is 559. The van der Waals surface area contributed by atoms with Crippen molar-refractivity contribution < 1.29 is 4.74 Å². The van der Waals surface area contributed by atoms with Crippen molar-refractivity contribution in [3.63, 3.8) is 0 Å². The first-order chi connectivity index (χ1) is 12.7. The quantitative estimate of drug-likeness (QED) is 0.227. The van der Waals surface area contributed by atoms with Crippen LogP contribution in [0.15, 0.2) is 23.2 Å². The summed E-state index contributed by atoms with van der Waals surface area (Å²) in [5, 5.41) is 6.79. The highest BCUT2D eigenvalue weighted by Crippen LogP contribution is 2.21. The number of aliphatic imine (C=N–C) groups is 1. The van der Waals surface area contributed by atoms with E-state index in [0.717, 1.165) is 30.4 Å². The standard InChI is InChI=1S/C21H36N4O.HI/c1-4-22-21(23-12-6-7-13-25-14-8-9-15-25)24-17-19-11-10-18(3)16-20(19)26-5-2;/h10-11,16H,4-9,12-15,17H2,1-3H3,(H2,22,23,24);1H. The van der Waals surface area contributed by atoms with Crippen molar-refractivity contribution in [1.82, 2.24) is 15.5 Å². The molecule has 2 rings (SSSR count). The van der Waals surface area contributed by atoms with Crippen LogP contribution in [-0.4, -0.2) is 50.2 Å². The van der Waals surface area contributed by atoms with Gasteiger partial charge in [0, 0.05) is 18.7 Å². The van der Waals surface area contributed by atoms with Gasteiger partial charge < -0.3 is 20.3 Å². The molecule has 154 valence electrons. The second kappa shape index (κ2) is 14.0. The van der Waals surface area contributed by atoms with E-state index >= 15 is 0 Å². The number of benzene rings is 1. The lowest BCUT2D eigenvalue weighted by atomic mass is 10.1. The van der Waals surface area contributed by atoms with Gasteiger partial charge in [-0.3, -0.25) is 0 Å². The number of ether oxygens (including phenoxy) is 1. The first-order valence-corrected chi connectivity index (χ1v) is 10.2. The zero-order chi connectivity index (χ0) is 18.6. The normalized spacial score (nSPS) is 14.7. The van der Waals surface area contributed by atoms with Crippen molar-refractivity contribution in [3.05, 3.63) is 29.3 Å². The minimum Gasteiger partial charge on any atom is -0.494 e. The molecule has 1 aliphatic rings. The van der Waals surface area contributed by atoms with Crippen molar-refractivity contribution in [2.45, 2.75) is 53.0 Å². The summed E-state index contributed by atoms with van der Waals surface area (Å²) in [5.74, 6) is 1.83. The maximum Gasteiger partial charge on any atom is 0.191 e. The summed E-state index contributed by atoms with van der Waals surface area (Å²) in [7, 11) is 0. The van der Waals surface area contributed by atoms with Crippen LogP contribution in [0.2, 0.25) is 0 Å². The highest BCUT2D eigenvalue weighted by molar-refractivity contribution is 14.0. The lowest BCUT2D eigenvalue weighted by Crippen LogP contribution is -2.38. The van der Waals surface area contributed by atoms with E-state index in [1.807, 2.05) is 6.92 Å². The lowest BCUT2D eigenvalue weighted by Gasteiger charge is -2.15. The fourth-order valence-corrected chi connectivity index (χ4v) is 3.26. The number of aryl methyl sites for hydroxylation is 1. The number of rotatable bonds is 10. The molecule has 0 saturated carbocycles. The van der Waals surface area contributed by atoms with Gasteiger partial charge in [0.15, 0.2) is 5.96 Å². The first kappa shape index (κ1) is 24.0. The molecule has 1 aromatic carbocycles. The number of likely N-dealkylation sites (tertiary alicyclic amines) is 1. The van der Waals surface area contributed by atoms with Crippen LogP contribution in [0.4, 0.5) is 0 Å². The Labute approximate surface area is 182 Å². The monoisotopic (exact) mass is 488 g/mol. The molecule has 0 bridgehead atoms. The molecule has 0 aliphatic carbocycles. The Hall–Kier alpha value is -1.02. The topological polar surface area (TPSA) is 48.9 Å². The fourth-order valence-electron chi connectivity index (χ4n) is 3.26. The molecular formula is C21H37IN4O. The molecule has 2 N–H and O–H groups in total. The Balaban J connectivity index is 0.00000364. The maximum absolute atomic E-state index is 5.76. The van der Waals surface area contributed by atoms with Crippen molar-refractivity contribution in [2.75, 3.05) is 39.3 Å². The molecular weight excluding hydrogens is 451 g/mol. The Morgan fingerprint density at radius 1 is 1.15 bits per heavy atom. The third kappa shape index (κ3) is 9.14. The van der Waals surface area contributed by atoms with Crippen LogP contribution in [0.25, 0.3) is 0 Å². The molecule has 5 nitrogen and oxygen atoms in total. The molecule has 0 radical (unpaired) electrons. The summed E-state index contributed by atoms with van der Waals surface area (Å²) < 4.78 is 5.76. The number of hydrogen-bond acceptors (Lipinski definition) is 3. The van der Waals surface area contributed by atoms with E-state index in [1.54, 1.807) is 0 Å². The van der Waals surface area contributed by atoms with E-state index in [1.165, 1.54) is 50.9 Å². The summed E-state index contributed by atoms with van der Waals surface area (Å²) >= 11 is 0. The minimum atomic E-state index is 0. The van der Waals surface area contributed by atoms with Gasteiger partial charge in [-0.25, -0.2) is 4.99 Å². The van der Waals surface area contributed by atoms with Crippen molar-refractivity contribution in [1.29, 1.82) is 0 Å². The van der Waals surface area contributed by atoms with Gasteiger partial charge in [-0.05, 0) is 77.7 Å². The maximum atomic E-state index is 5.76. The zero-order valence-corrected chi connectivity index (χ0v) is 19.6. The van der Waals surface area contributed by atoms with E-state index in [-0.39, 0.29) is 24.0 Å². The van der Waals surface area contributed by atoms with Crippen molar-refractivity contribution in [2.24, 2.45) is 4.99 Å². The molecule has 1 saturated heterocycles. The summed E-state index contributed by atoms with van der Waals surface area (Å²) in [6, 6.07) is 6.32. The van der Waals surface area contributed by atoms with Crippen molar-refractivity contribution >= 4 is 29.9 Å². The van der Waals surface area contributed by atoms with Crippen LogP contribution in [0, 0.1) is 6.92 Å². The van der Waals surface area contributed by atoms with Crippen LogP contribution in [0.1, 0.15) is 50.7 Å². The van der Waals surface area contributed by atoms with E-state index in [2.05, 4.69) is 47.6 Å². The van der Waals surface area contributed by atoms with Gasteiger partial charge in [0.25, 0.3) is 0 Å². The third-order valence-corrected chi connectivity index (χ3v) is 4.67. The van der Waals surface area contributed by atoms with Gasteiger partial charge in [0.05, 0.1) is 13.2 Å². The SMILES string of the molecule is CCNC(=NCc1ccc(C)cc1OCC)NCCCCN1CCCC1.I. The Kier molecular flexibility index (Phi) is 12.5. The van der Waals surface area contributed by atoms with Crippen LogP contribution < -0.4 is 15.4 Å². The third-order valence-electron chi connectivity index (χ3n) is 4.67. The minimum absolute atomic E-state index is 0. The number of hydrogen-bond donors (Lipinski definition) is 2. The number of nitrogens with zero attached hydrogens (tertiary/aromatic N) is 2. The van der Waals surface area contributed by atoms with Crippen molar-refractivity contribution in [3.8, 4) is 5.75 Å². The summed E-state index contributed by atoms with van der Waals surface area (Å²) in [6.07, 6.45) is 5.17. The molecule has 27 heavy (non-hydrogen) atoms. The fraction of sp³-hybridized carbons (Fsp3) is 0.667. The van der Waals surface area contributed by atoms with Gasteiger partial charge in [0.1, 0.15) is 5.75 Å². The Morgan fingerprint density at radius 3 is 2.63 bits per heavy atom. The molecule has 0 aromatic heterocycles. The molecule has 1 aromatic rings. The van der Waals surface area contributed by atoms with Gasteiger partial charge in [0.2, 0.25) is 0 Å².